The first-order valence-electron chi connectivity index (χ1n) is 8.97. The molecule has 1 unspecified atom stereocenters. The number of nitrogens with one attached hydrogen (secondary N) is 1. The SMILES string of the molecule is COc1ccc(C(=O)NCC(c2cccs2)N2CCCCCC2)cc1.Cl. The smallest absolute Gasteiger partial charge is 0.251 e. The molecule has 26 heavy (non-hydrogen) atoms. The van der Waals surface area contributed by atoms with Crippen molar-refractivity contribution in [3.8, 4) is 5.75 Å². The quantitative estimate of drug-likeness (QED) is 0.782. The van der Waals surface area contributed by atoms with Crippen LogP contribution < -0.4 is 10.1 Å². The molecule has 0 aliphatic carbocycles. The third kappa shape index (κ3) is 5.47. The summed E-state index contributed by atoms with van der Waals surface area (Å²) in [5, 5.41) is 5.24. The molecule has 1 amide bonds. The van der Waals surface area contributed by atoms with Gasteiger partial charge in [-0.3, -0.25) is 9.69 Å². The third-order valence-corrected chi connectivity index (χ3v) is 5.73. The molecule has 1 fully saturated rings. The molecule has 1 saturated heterocycles. The summed E-state index contributed by atoms with van der Waals surface area (Å²) in [5.74, 6) is 0.733. The molecule has 4 nitrogen and oxygen atoms in total. The zero-order valence-corrected chi connectivity index (χ0v) is 16.8. The Kier molecular flexibility index (Phi) is 8.42. The zero-order chi connectivity index (χ0) is 17.5. The van der Waals surface area contributed by atoms with E-state index in [1.807, 2.05) is 12.1 Å². The van der Waals surface area contributed by atoms with Gasteiger partial charge in [0.1, 0.15) is 5.75 Å². The Bertz CT molecular complexity index is 653. The molecule has 1 aromatic carbocycles. The summed E-state index contributed by atoms with van der Waals surface area (Å²) >= 11 is 1.77. The van der Waals surface area contributed by atoms with Crippen molar-refractivity contribution in [3.05, 3.63) is 52.2 Å². The molecule has 142 valence electrons. The highest BCUT2D eigenvalue weighted by Gasteiger charge is 2.23. The van der Waals surface area contributed by atoms with Crippen LogP contribution in [0.1, 0.15) is 47.0 Å². The van der Waals surface area contributed by atoms with Crippen LogP contribution in [0.2, 0.25) is 0 Å². The number of rotatable bonds is 6. The molecule has 0 saturated carbocycles. The summed E-state index contributed by atoms with van der Waals surface area (Å²) in [7, 11) is 1.63. The van der Waals surface area contributed by atoms with Crippen molar-refractivity contribution in [1.29, 1.82) is 0 Å². The largest absolute Gasteiger partial charge is 0.497 e. The highest BCUT2D eigenvalue weighted by molar-refractivity contribution is 7.10. The minimum absolute atomic E-state index is 0. The van der Waals surface area contributed by atoms with Gasteiger partial charge >= 0.3 is 0 Å². The van der Waals surface area contributed by atoms with E-state index < -0.39 is 0 Å². The van der Waals surface area contributed by atoms with Gasteiger partial charge in [0.05, 0.1) is 13.2 Å². The molecule has 0 spiro atoms. The fraction of sp³-hybridized carbons (Fsp3) is 0.450. The van der Waals surface area contributed by atoms with Gasteiger partial charge in [0.25, 0.3) is 5.91 Å². The van der Waals surface area contributed by atoms with Gasteiger partial charge in [-0.1, -0.05) is 18.9 Å². The van der Waals surface area contributed by atoms with Crippen molar-refractivity contribution < 1.29 is 9.53 Å². The van der Waals surface area contributed by atoms with Crippen molar-refractivity contribution >= 4 is 29.7 Å². The molecular formula is C20H27ClN2O2S. The van der Waals surface area contributed by atoms with Gasteiger partial charge in [-0.15, -0.1) is 23.7 Å². The summed E-state index contributed by atoms with van der Waals surface area (Å²) in [5.41, 5.74) is 0.668. The molecule has 1 aliphatic rings. The van der Waals surface area contributed by atoms with E-state index in [1.54, 1.807) is 30.6 Å². The summed E-state index contributed by atoms with van der Waals surface area (Å²) in [6.07, 6.45) is 5.11. The number of thiophene rings is 1. The van der Waals surface area contributed by atoms with Gasteiger partial charge in [-0.2, -0.15) is 0 Å². The Balaban J connectivity index is 0.00000243. The Morgan fingerprint density at radius 1 is 1.15 bits per heavy atom. The lowest BCUT2D eigenvalue weighted by Crippen LogP contribution is -2.38. The van der Waals surface area contributed by atoms with Crippen molar-refractivity contribution in [2.75, 3.05) is 26.7 Å². The van der Waals surface area contributed by atoms with Gasteiger partial charge in [-0.25, -0.2) is 0 Å². The molecule has 2 heterocycles. The lowest BCUT2D eigenvalue weighted by atomic mass is 10.1. The van der Waals surface area contributed by atoms with E-state index in [-0.39, 0.29) is 24.4 Å². The first-order valence-corrected chi connectivity index (χ1v) is 9.85. The first kappa shape index (κ1) is 20.7. The number of hydrogen-bond donors (Lipinski definition) is 1. The first-order chi connectivity index (χ1) is 12.3. The third-order valence-electron chi connectivity index (χ3n) is 4.76. The number of amides is 1. The summed E-state index contributed by atoms with van der Waals surface area (Å²) in [6.45, 7) is 2.87. The maximum atomic E-state index is 12.5. The fourth-order valence-electron chi connectivity index (χ4n) is 3.33. The van der Waals surface area contributed by atoms with Crippen LogP contribution in [0.15, 0.2) is 41.8 Å². The average Bonchev–Trinajstić information content (AvgIpc) is 3.05. The van der Waals surface area contributed by atoms with Crippen LogP contribution in [-0.4, -0.2) is 37.6 Å². The van der Waals surface area contributed by atoms with E-state index in [0.717, 1.165) is 18.8 Å². The molecular weight excluding hydrogens is 368 g/mol. The average molecular weight is 395 g/mol. The van der Waals surface area contributed by atoms with Crippen molar-refractivity contribution in [1.82, 2.24) is 10.2 Å². The van der Waals surface area contributed by atoms with Crippen LogP contribution in [0.4, 0.5) is 0 Å². The fourth-order valence-corrected chi connectivity index (χ4v) is 4.19. The Hall–Kier alpha value is -1.56. The Morgan fingerprint density at radius 2 is 1.85 bits per heavy atom. The molecule has 1 aromatic heterocycles. The number of hydrogen-bond acceptors (Lipinski definition) is 4. The second-order valence-corrected chi connectivity index (χ2v) is 7.40. The van der Waals surface area contributed by atoms with E-state index in [4.69, 9.17) is 4.74 Å². The zero-order valence-electron chi connectivity index (χ0n) is 15.1. The Labute approximate surface area is 166 Å². The van der Waals surface area contributed by atoms with Gasteiger partial charge in [0.15, 0.2) is 0 Å². The minimum Gasteiger partial charge on any atom is -0.497 e. The van der Waals surface area contributed by atoms with Crippen molar-refractivity contribution in [2.24, 2.45) is 0 Å². The van der Waals surface area contributed by atoms with E-state index in [0.29, 0.717) is 12.1 Å². The highest BCUT2D eigenvalue weighted by Crippen LogP contribution is 2.27. The lowest BCUT2D eigenvalue weighted by molar-refractivity contribution is 0.0934. The monoisotopic (exact) mass is 394 g/mol. The number of likely N-dealkylation sites (tertiary alicyclic amines) is 1. The highest BCUT2D eigenvalue weighted by atomic mass is 35.5. The molecule has 3 rings (SSSR count). The van der Waals surface area contributed by atoms with Crippen LogP contribution in [0, 0.1) is 0 Å². The number of methoxy groups -OCH3 is 1. The number of benzene rings is 1. The second kappa shape index (κ2) is 10.6. The standard InChI is InChI=1S/C20H26N2O2S.ClH/c1-24-17-10-8-16(9-11-17)20(23)21-15-18(19-7-6-14-25-19)22-12-4-2-3-5-13-22;/h6-11,14,18H,2-5,12-13,15H2,1H3,(H,21,23);1H. The van der Waals surface area contributed by atoms with E-state index in [1.165, 1.54) is 30.6 Å². The van der Waals surface area contributed by atoms with Crippen molar-refractivity contribution in [2.45, 2.75) is 31.7 Å². The van der Waals surface area contributed by atoms with Crippen LogP contribution in [0.25, 0.3) is 0 Å². The molecule has 1 N–H and O–H groups in total. The molecule has 6 heteroatoms. The number of ether oxygens (including phenoxy) is 1. The summed E-state index contributed by atoms with van der Waals surface area (Å²) in [4.78, 5) is 16.4. The van der Waals surface area contributed by atoms with E-state index in [2.05, 4.69) is 27.7 Å². The number of carbonyl (C=O) groups is 1. The van der Waals surface area contributed by atoms with Crippen LogP contribution in [0.5, 0.6) is 5.75 Å². The Morgan fingerprint density at radius 3 is 2.42 bits per heavy atom. The van der Waals surface area contributed by atoms with Gasteiger partial charge in [0, 0.05) is 17.0 Å². The topological polar surface area (TPSA) is 41.6 Å². The molecule has 2 aromatic rings. The maximum absolute atomic E-state index is 12.5. The number of carbonyl (C=O) groups excluding carboxylic acids is 1. The van der Waals surface area contributed by atoms with Gasteiger partial charge < -0.3 is 10.1 Å². The van der Waals surface area contributed by atoms with Crippen LogP contribution in [-0.2, 0) is 0 Å². The van der Waals surface area contributed by atoms with Crippen LogP contribution >= 0.6 is 23.7 Å². The summed E-state index contributed by atoms with van der Waals surface area (Å²) in [6, 6.07) is 11.8. The van der Waals surface area contributed by atoms with Gasteiger partial charge in [-0.05, 0) is 61.6 Å². The molecule has 1 atom stereocenters. The molecule has 0 bridgehead atoms. The molecule has 1 aliphatic heterocycles. The van der Waals surface area contributed by atoms with Crippen molar-refractivity contribution in [3.63, 3.8) is 0 Å². The van der Waals surface area contributed by atoms with Gasteiger partial charge in [0.2, 0.25) is 0 Å². The second-order valence-electron chi connectivity index (χ2n) is 6.42. The number of halogens is 1. The van der Waals surface area contributed by atoms with E-state index >= 15 is 0 Å². The van der Waals surface area contributed by atoms with Crippen LogP contribution in [0.3, 0.4) is 0 Å². The summed E-state index contributed by atoms with van der Waals surface area (Å²) < 4.78 is 5.15. The van der Waals surface area contributed by atoms with E-state index in [9.17, 15) is 4.79 Å². The maximum Gasteiger partial charge on any atom is 0.251 e. The predicted octanol–water partition coefficient (Wildman–Crippen LogP) is 4.53. The minimum atomic E-state index is -0.0287. The predicted molar refractivity (Wildman–Crippen MR) is 110 cm³/mol. The molecule has 0 radical (unpaired) electrons. The number of nitrogens with zero attached hydrogens (tertiary/aromatic N) is 1. The lowest BCUT2D eigenvalue weighted by Gasteiger charge is -2.30. The normalized spacial score (nSPS) is 16.2.